The van der Waals surface area contributed by atoms with E-state index in [4.69, 9.17) is 0 Å². The maximum absolute atomic E-state index is 13.6. The highest BCUT2D eigenvalue weighted by Gasteiger charge is 2.35. The Bertz CT molecular complexity index is 1280. The zero-order valence-corrected chi connectivity index (χ0v) is 18.5. The number of carbonyl (C=O) groups is 1. The lowest BCUT2D eigenvalue weighted by Gasteiger charge is -2.36. The third kappa shape index (κ3) is 3.80. The van der Waals surface area contributed by atoms with Crippen molar-refractivity contribution in [1.29, 1.82) is 0 Å². The molecule has 3 aromatic rings. The molecule has 166 valence electrons. The maximum atomic E-state index is 13.6. The topological polar surface area (TPSA) is 57.7 Å². The van der Waals surface area contributed by atoms with Crippen LogP contribution in [0.1, 0.15) is 24.8 Å². The summed E-state index contributed by atoms with van der Waals surface area (Å²) < 4.78 is 41.5. The average molecular weight is 453 g/mol. The second-order valence-electron chi connectivity index (χ2n) is 8.55. The molecule has 5 rings (SSSR count). The van der Waals surface area contributed by atoms with Gasteiger partial charge in [-0.05, 0) is 72.4 Å². The van der Waals surface area contributed by atoms with Gasteiger partial charge in [-0.15, -0.1) is 0 Å². The minimum atomic E-state index is -3.61. The van der Waals surface area contributed by atoms with Crippen LogP contribution in [0, 0.1) is 11.7 Å². The molecule has 1 saturated heterocycles. The lowest BCUT2D eigenvalue weighted by molar-refractivity contribution is -0.123. The molecule has 1 amide bonds. The van der Waals surface area contributed by atoms with Gasteiger partial charge < -0.3 is 4.90 Å². The lowest BCUT2D eigenvalue weighted by Crippen LogP contribution is -2.45. The number of nitrogens with zero attached hydrogens (tertiary/aromatic N) is 2. The van der Waals surface area contributed by atoms with Gasteiger partial charge >= 0.3 is 0 Å². The van der Waals surface area contributed by atoms with E-state index in [1.807, 2.05) is 30.3 Å². The maximum Gasteiger partial charge on any atom is 0.243 e. The fourth-order valence-electron chi connectivity index (χ4n) is 4.84. The van der Waals surface area contributed by atoms with Crippen LogP contribution in [0.2, 0.25) is 0 Å². The van der Waals surface area contributed by atoms with Gasteiger partial charge in [0.15, 0.2) is 0 Å². The van der Waals surface area contributed by atoms with Crippen LogP contribution in [0.4, 0.5) is 10.1 Å². The van der Waals surface area contributed by atoms with Crippen LogP contribution in [0.25, 0.3) is 10.8 Å². The Balaban J connectivity index is 1.30. The second-order valence-corrected chi connectivity index (χ2v) is 10.5. The number of carbonyl (C=O) groups excluding carboxylic acids is 1. The van der Waals surface area contributed by atoms with Crippen LogP contribution in [-0.2, 0) is 21.2 Å². The summed E-state index contributed by atoms with van der Waals surface area (Å²) in [6, 6.07) is 17.5. The molecule has 0 aliphatic carbocycles. The number of sulfonamides is 1. The van der Waals surface area contributed by atoms with Crippen molar-refractivity contribution in [2.24, 2.45) is 5.92 Å². The summed E-state index contributed by atoms with van der Waals surface area (Å²) in [7, 11) is -3.61. The van der Waals surface area contributed by atoms with Crippen LogP contribution in [0.3, 0.4) is 0 Å². The first-order valence-electron chi connectivity index (χ1n) is 11.0. The Morgan fingerprint density at radius 3 is 2.44 bits per heavy atom. The highest BCUT2D eigenvalue weighted by Crippen LogP contribution is 2.32. The van der Waals surface area contributed by atoms with Gasteiger partial charge in [-0.3, -0.25) is 4.79 Å². The number of hydrogen-bond donors (Lipinski definition) is 0. The molecule has 0 radical (unpaired) electrons. The van der Waals surface area contributed by atoms with Crippen molar-refractivity contribution in [3.8, 4) is 0 Å². The third-order valence-electron chi connectivity index (χ3n) is 6.59. The molecule has 0 saturated carbocycles. The molecular formula is C25H25FN2O3S. The van der Waals surface area contributed by atoms with Gasteiger partial charge in [0.2, 0.25) is 15.9 Å². The Morgan fingerprint density at radius 1 is 0.906 bits per heavy atom. The molecule has 0 N–H and O–H groups in total. The van der Waals surface area contributed by atoms with Crippen molar-refractivity contribution in [3.05, 3.63) is 72.0 Å². The first-order valence-corrected chi connectivity index (χ1v) is 12.5. The molecule has 0 bridgehead atoms. The van der Waals surface area contributed by atoms with Crippen molar-refractivity contribution in [3.63, 3.8) is 0 Å². The number of rotatable bonds is 3. The molecule has 0 unspecified atom stereocenters. The summed E-state index contributed by atoms with van der Waals surface area (Å²) in [6.07, 6.45) is 2.54. The quantitative estimate of drug-likeness (QED) is 0.593. The number of amides is 1. The second kappa shape index (κ2) is 8.30. The normalized spacial score (nSPS) is 18.0. The number of fused-ring (bicyclic) bond motifs is 2. The van der Waals surface area contributed by atoms with E-state index in [1.54, 1.807) is 23.1 Å². The van der Waals surface area contributed by atoms with E-state index in [2.05, 4.69) is 0 Å². The van der Waals surface area contributed by atoms with Crippen LogP contribution >= 0.6 is 0 Å². The smallest absolute Gasteiger partial charge is 0.243 e. The molecule has 0 atom stereocenters. The summed E-state index contributed by atoms with van der Waals surface area (Å²) in [5.74, 6) is -0.500. The number of halogens is 1. The van der Waals surface area contributed by atoms with Crippen molar-refractivity contribution in [1.82, 2.24) is 4.31 Å². The van der Waals surface area contributed by atoms with Gasteiger partial charge in [-0.25, -0.2) is 12.8 Å². The predicted molar refractivity (Wildman–Crippen MR) is 123 cm³/mol. The van der Waals surface area contributed by atoms with E-state index in [0.29, 0.717) is 32.5 Å². The molecule has 2 aliphatic heterocycles. The van der Waals surface area contributed by atoms with Gasteiger partial charge in [0, 0.05) is 31.2 Å². The van der Waals surface area contributed by atoms with Crippen LogP contribution in [-0.4, -0.2) is 38.3 Å². The molecule has 0 aromatic heterocycles. The molecule has 32 heavy (non-hydrogen) atoms. The van der Waals surface area contributed by atoms with Gasteiger partial charge in [0.05, 0.1) is 4.90 Å². The fraction of sp³-hybridized carbons (Fsp3) is 0.320. The van der Waals surface area contributed by atoms with E-state index in [0.717, 1.165) is 34.9 Å². The summed E-state index contributed by atoms with van der Waals surface area (Å²) in [5, 5.41) is 1.89. The van der Waals surface area contributed by atoms with Crippen molar-refractivity contribution >= 4 is 32.4 Å². The number of benzene rings is 3. The van der Waals surface area contributed by atoms with Crippen LogP contribution in [0.5, 0.6) is 0 Å². The SMILES string of the molecule is O=C(C1CCN(S(=O)(=O)c2ccc3ccccc3c2)CC1)N1CCCc2cc(F)ccc21. The van der Waals surface area contributed by atoms with Crippen molar-refractivity contribution in [2.75, 3.05) is 24.5 Å². The van der Waals surface area contributed by atoms with E-state index in [-0.39, 0.29) is 22.5 Å². The van der Waals surface area contributed by atoms with Gasteiger partial charge in [0.1, 0.15) is 5.82 Å². The summed E-state index contributed by atoms with van der Waals surface area (Å²) in [5.41, 5.74) is 1.65. The Kier molecular flexibility index (Phi) is 5.47. The molecule has 2 heterocycles. The minimum absolute atomic E-state index is 0.0142. The summed E-state index contributed by atoms with van der Waals surface area (Å²) in [4.78, 5) is 15.3. The molecular weight excluding hydrogens is 427 g/mol. The van der Waals surface area contributed by atoms with Crippen molar-refractivity contribution in [2.45, 2.75) is 30.6 Å². The average Bonchev–Trinajstić information content (AvgIpc) is 2.82. The van der Waals surface area contributed by atoms with Gasteiger partial charge in [-0.1, -0.05) is 30.3 Å². The molecule has 7 heteroatoms. The van der Waals surface area contributed by atoms with E-state index in [9.17, 15) is 17.6 Å². The van der Waals surface area contributed by atoms with E-state index >= 15 is 0 Å². The number of piperidine rings is 1. The lowest BCUT2D eigenvalue weighted by atomic mass is 9.94. The molecule has 1 fully saturated rings. The first kappa shape index (κ1) is 21.1. The zero-order chi connectivity index (χ0) is 22.3. The largest absolute Gasteiger partial charge is 0.312 e. The fourth-order valence-corrected chi connectivity index (χ4v) is 6.34. The standard InChI is InChI=1S/C25H25FN2O3S/c26-22-8-10-24-21(16-22)6-3-13-28(24)25(29)19-11-14-27(15-12-19)32(30,31)23-9-7-18-4-1-2-5-20(18)17-23/h1-2,4-5,7-10,16-17,19H,3,6,11-15H2. The number of hydrogen-bond acceptors (Lipinski definition) is 3. The number of aryl methyl sites for hydroxylation is 1. The summed E-state index contributed by atoms with van der Waals surface area (Å²) >= 11 is 0. The van der Waals surface area contributed by atoms with Crippen LogP contribution < -0.4 is 4.90 Å². The zero-order valence-electron chi connectivity index (χ0n) is 17.7. The van der Waals surface area contributed by atoms with Gasteiger partial charge in [-0.2, -0.15) is 4.31 Å². The first-order chi connectivity index (χ1) is 15.4. The predicted octanol–water partition coefficient (Wildman–Crippen LogP) is 4.36. The molecule has 2 aliphatic rings. The highest BCUT2D eigenvalue weighted by molar-refractivity contribution is 7.89. The highest BCUT2D eigenvalue weighted by atomic mass is 32.2. The monoisotopic (exact) mass is 452 g/mol. The molecule has 0 spiro atoms. The van der Waals surface area contributed by atoms with Gasteiger partial charge in [0.25, 0.3) is 0 Å². The molecule has 5 nitrogen and oxygen atoms in total. The Hall–Kier alpha value is -2.77. The van der Waals surface area contributed by atoms with E-state index in [1.165, 1.54) is 16.4 Å². The van der Waals surface area contributed by atoms with Crippen LogP contribution in [0.15, 0.2) is 65.6 Å². The Labute approximate surface area is 187 Å². The molecule has 3 aromatic carbocycles. The summed E-state index contributed by atoms with van der Waals surface area (Å²) in [6.45, 7) is 1.25. The number of anilines is 1. The third-order valence-corrected chi connectivity index (χ3v) is 8.48. The van der Waals surface area contributed by atoms with Crippen molar-refractivity contribution < 1.29 is 17.6 Å². The van der Waals surface area contributed by atoms with E-state index < -0.39 is 10.0 Å². The Morgan fingerprint density at radius 2 is 1.66 bits per heavy atom. The minimum Gasteiger partial charge on any atom is -0.312 e.